The van der Waals surface area contributed by atoms with Crippen LogP contribution < -0.4 is 10.2 Å². The van der Waals surface area contributed by atoms with E-state index in [1.807, 2.05) is 31.2 Å². The largest absolute Gasteiger partial charge is 0.480 e. The third-order valence-corrected chi connectivity index (χ3v) is 4.03. The second-order valence-corrected chi connectivity index (χ2v) is 6.02. The smallest absolute Gasteiger partial charge is 0.325 e. The van der Waals surface area contributed by atoms with Gasteiger partial charge in [-0.3, -0.25) is 19.1 Å². The first-order valence-corrected chi connectivity index (χ1v) is 7.85. The Hall–Kier alpha value is -3.16. The maximum absolute atomic E-state index is 12.4. The third kappa shape index (κ3) is 3.85. The third-order valence-electron chi connectivity index (χ3n) is 4.03. The van der Waals surface area contributed by atoms with Gasteiger partial charge >= 0.3 is 5.97 Å². The Labute approximate surface area is 144 Å². The van der Waals surface area contributed by atoms with Crippen molar-refractivity contribution in [1.82, 2.24) is 9.78 Å². The van der Waals surface area contributed by atoms with Crippen molar-refractivity contribution in [3.8, 4) is 0 Å². The predicted octanol–water partition coefficient (Wildman–Crippen LogP) is 1.27. The van der Waals surface area contributed by atoms with Crippen molar-refractivity contribution in [3.05, 3.63) is 42.1 Å². The summed E-state index contributed by atoms with van der Waals surface area (Å²) in [6.45, 7) is 2.00. The molecule has 1 unspecified atom stereocenters. The number of aryl methyl sites for hydroxylation is 1. The van der Waals surface area contributed by atoms with Crippen molar-refractivity contribution in [3.63, 3.8) is 0 Å². The van der Waals surface area contributed by atoms with Gasteiger partial charge in [0.1, 0.15) is 6.54 Å². The number of amides is 2. The summed E-state index contributed by atoms with van der Waals surface area (Å²) in [4.78, 5) is 36.8. The lowest BCUT2D eigenvalue weighted by Gasteiger charge is -2.16. The van der Waals surface area contributed by atoms with Crippen LogP contribution in [0.2, 0.25) is 0 Å². The van der Waals surface area contributed by atoms with Gasteiger partial charge in [-0.1, -0.05) is 17.7 Å². The molecule has 1 fully saturated rings. The number of hydrogen-bond donors (Lipinski definition) is 2. The molecule has 1 atom stereocenters. The van der Waals surface area contributed by atoms with E-state index in [9.17, 15) is 14.4 Å². The summed E-state index contributed by atoms with van der Waals surface area (Å²) in [6.07, 6.45) is 1.61. The Balaban J connectivity index is 1.63. The molecule has 3 rings (SSSR count). The molecule has 1 aromatic carbocycles. The van der Waals surface area contributed by atoms with Crippen LogP contribution in [0.15, 0.2) is 36.5 Å². The van der Waals surface area contributed by atoms with Crippen molar-refractivity contribution in [2.24, 2.45) is 5.92 Å². The maximum atomic E-state index is 12.4. The Kier molecular flexibility index (Phi) is 4.51. The first-order chi connectivity index (χ1) is 11.9. The average molecular weight is 342 g/mol. The van der Waals surface area contributed by atoms with Crippen LogP contribution in [-0.2, 0) is 20.9 Å². The molecule has 8 heteroatoms. The van der Waals surface area contributed by atoms with Gasteiger partial charge in [-0.25, -0.2) is 0 Å². The lowest BCUT2D eigenvalue weighted by Crippen LogP contribution is -2.28. The van der Waals surface area contributed by atoms with E-state index in [0.717, 1.165) is 11.3 Å². The van der Waals surface area contributed by atoms with Crippen LogP contribution in [-0.4, -0.2) is 39.2 Å². The number of benzene rings is 1. The standard InChI is InChI=1S/C17H18N4O4/c1-11-2-4-13(5-3-11)21-9-12(8-15(21)22)17(25)18-14-6-7-20(19-14)10-16(23)24/h2-7,12H,8-10H2,1H3,(H,23,24)(H,18,19,25). The highest BCUT2D eigenvalue weighted by atomic mass is 16.4. The van der Waals surface area contributed by atoms with Crippen molar-refractivity contribution < 1.29 is 19.5 Å². The quantitative estimate of drug-likeness (QED) is 0.851. The Morgan fingerprint density at radius 3 is 2.68 bits per heavy atom. The summed E-state index contributed by atoms with van der Waals surface area (Å²) in [5.74, 6) is -1.62. The first-order valence-electron chi connectivity index (χ1n) is 7.85. The van der Waals surface area contributed by atoms with Gasteiger partial charge in [0.25, 0.3) is 0 Å². The molecule has 2 amide bonds. The minimum absolute atomic E-state index is 0.0968. The Bertz CT molecular complexity index is 812. The minimum atomic E-state index is -1.02. The number of nitrogens with one attached hydrogen (secondary N) is 1. The molecule has 1 saturated heterocycles. The topological polar surface area (TPSA) is 105 Å². The van der Waals surface area contributed by atoms with E-state index >= 15 is 0 Å². The highest BCUT2D eigenvalue weighted by Gasteiger charge is 2.35. The van der Waals surface area contributed by atoms with Gasteiger partial charge in [0.2, 0.25) is 11.8 Å². The van der Waals surface area contributed by atoms with Crippen LogP contribution in [0.1, 0.15) is 12.0 Å². The molecule has 130 valence electrons. The van der Waals surface area contributed by atoms with Crippen molar-refractivity contribution in [1.29, 1.82) is 0 Å². The van der Waals surface area contributed by atoms with Gasteiger partial charge in [0, 0.05) is 30.9 Å². The summed E-state index contributed by atoms with van der Waals surface area (Å²) < 4.78 is 1.22. The van der Waals surface area contributed by atoms with Crippen molar-refractivity contribution in [2.75, 3.05) is 16.8 Å². The highest BCUT2D eigenvalue weighted by molar-refractivity contribution is 6.03. The van der Waals surface area contributed by atoms with Crippen molar-refractivity contribution >= 4 is 29.3 Å². The lowest BCUT2D eigenvalue weighted by atomic mass is 10.1. The molecular formula is C17H18N4O4. The van der Waals surface area contributed by atoms with Gasteiger partial charge in [-0.05, 0) is 19.1 Å². The zero-order chi connectivity index (χ0) is 18.0. The van der Waals surface area contributed by atoms with E-state index in [2.05, 4.69) is 10.4 Å². The van der Waals surface area contributed by atoms with E-state index < -0.39 is 11.9 Å². The molecule has 2 N–H and O–H groups in total. The highest BCUT2D eigenvalue weighted by Crippen LogP contribution is 2.26. The fourth-order valence-electron chi connectivity index (χ4n) is 2.74. The summed E-state index contributed by atoms with van der Waals surface area (Å²) in [5, 5.41) is 15.3. The molecule has 0 radical (unpaired) electrons. The Morgan fingerprint density at radius 2 is 2.00 bits per heavy atom. The number of rotatable bonds is 5. The van der Waals surface area contributed by atoms with Gasteiger partial charge in [-0.15, -0.1) is 0 Å². The molecule has 0 aliphatic carbocycles. The van der Waals surface area contributed by atoms with Crippen LogP contribution in [0.25, 0.3) is 0 Å². The number of carbonyl (C=O) groups excluding carboxylic acids is 2. The monoisotopic (exact) mass is 342 g/mol. The molecule has 0 bridgehead atoms. The van der Waals surface area contributed by atoms with Gasteiger partial charge in [0.05, 0.1) is 5.92 Å². The zero-order valence-corrected chi connectivity index (χ0v) is 13.7. The number of anilines is 2. The van der Waals surface area contributed by atoms with Gasteiger partial charge in [0.15, 0.2) is 5.82 Å². The fraction of sp³-hybridized carbons (Fsp3) is 0.294. The summed E-state index contributed by atoms with van der Waals surface area (Å²) in [5.41, 5.74) is 1.87. The van der Waals surface area contributed by atoms with Crippen LogP contribution in [0.3, 0.4) is 0 Å². The molecule has 1 aliphatic heterocycles. The summed E-state index contributed by atoms with van der Waals surface area (Å²) in [6, 6.07) is 9.09. The second kappa shape index (κ2) is 6.76. The average Bonchev–Trinajstić information content (AvgIpc) is 3.14. The predicted molar refractivity (Wildman–Crippen MR) is 90.1 cm³/mol. The molecule has 25 heavy (non-hydrogen) atoms. The summed E-state index contributed by atoms with van der Waals surface area (Å²) in [7, 11) is 0. The molecule has 1 aliphatic rings. The number of hydrogen-bond acceptors (Lipinski definition) is 4. The van der Waals surface area contributed by atoms with Gasteiger partial charge < -0.3 is 15.3 Å². The number of carboxylic acids is 1. The van der Waals surface area contributed by atoms with E-state index in [1.165, 1.54) is 16.9 Å². The number of aliphatic carboxylic acids is 1. The molecule has 1 aromatic heterocycles. The summed E-state index contributed by atoms with van der Waals surface area (Å²) >= 11 is 0. The number of carbonyl (C=O) groups is 3. The fourth-order valence-corrected chi connectivity index (χ4v) is 2.74. The molecular weight excluding hydrogens is 324 g/mol. The van der Waals surface area contributed by atoms with E-state index in [1.54, 1.807) is 4.90 Å². The zero-order valence-electron chi connectivity index (χ0n) is 13.7. The molecule has 0 saturated carbocycles. The molecule has 2 heterocycles. The van der Waals surface area contributed by atoms with Crippen LogP contribution in [0.5, 0.6) is 0 Å². The molecule has 8 nitrogen and oxygen atoms in total. The van der Waals surface area contributed by atoms with Crippen molar-refractivity contribution in [2.45, 2.75) is 19.9 Å². The van der Waals surface area contributed by atoms with Crippen LogP contribution in [0.4, 0.5) is 11.5 Å². The van der Waals surface area contributed by atoms with E-state index in [-0.39, 0.29) is 30.6 Å². The van der Waals surface area contributed by atoms with E-state index in [4.69, 9.17) is 5.11 Å². The van der Waals surface area contributed by atoms with Gasteiger partial charge in [-0.2, -0.15) is 5.10 Å². The minimum Gasteiger partial charge on any atom is -0.480 e. The molecule has 0 spiro atoms. The molecule has 2 aromatic rings. The second-order valence-electron chi connectivity index (χ2n) is 6.02. The van der Waals surface area contributed by atoms with Crippen LogP contribution in [0, 0.1) is 12.8 Å². The number of aromatic nitrogens is 2. The SMILES string of the molecule is Cc1ccc(N2CC(C(=O)Nc3ccn(CC(=O)O)n3)CC2=O)cc1. The van der Waals surface area contributed by atoms with Crippen LogP contribution >= 0.6 is 0 Å². The number of nitrogens with zero attached hydrogens (tertiary/aromatic N) is 3. The van der Waals surface area contributed by atoms with E-state index in [0.29, 0.717) is 6.54 Å². The Morgan fingerprint density at radius 1 is 1.28 bits per heavy atom. The normalized spacial score (nSPS) is 16.9. The lowest BCUT2D eigenvalue weighted by molar-refractivity contribution is -0.137. The first kappa shape index (κ1) is 16.7. The maximum Gasteiger partial charge on any atom is 0.325 e. The number of carboxylic acid groups (broad SMARTS) is 1.